The van der Waals surface area contributed by atoms with E-state index >= 15 is 0 Å². The third-order valence-electron chi connectivity index (χ3n) is 5.80. The van der Waals surface area contributed by atoms with Crippen molar-refractivity contribution in [2.75, 3.05) is 0 Å². The van der Waals surface area contributed by atoms with Crippen molar-refractivity contribution in [1.82, 2.24) is 0 Å². The normalized spacial score (nSPS) is 11.8. The molecule has 0 bridgehead atoms. The molecule has 36 heavy (non-hydrogen) atoms. The van der Waals surface area contributed by atoms with E-state index < -0.39 is 0 Å². The molecule has 3 heteroatoms. The monoisotopic (exact) mass is 590 g/mol. The Bertz CT molecular complexity index is 1140. The number of fused-ring (bicyclic) bond motifs is 1. The Kier molecular flexibility index (Phi) is 14.9. The standard InChI is InChI=1S/C13H10.C11H17.C9H7.2ClH.Zr/c1-3-7-12(8-4-1)11-13-9-5-2-6-10-13;1-8(2)10-6-5-7-11(10)9(3)4;1-2-5-9-7-3-6-8(9)4-1;;;/h1-10H;6,8-9H,5H2,1-4H3;1-7H;2*1H;/q;2*-1;;;+2/p-2. The van der Waals surface area contributed by atoms with Gasteiger partial charge in [-0.15, -0.1) is 36.1 Å². The molecule has 0 unspecified atom stereocenters. The Morgan fingerprint density at radius 3 is 1.72 bits per heavy atom. The van der Waals surface area contributed by atoms with E-state index in [0.29, 0.717) is 11.8 Å². The Balaban J connectivity index is 0.000000269. The summed E-state index contributed by atoms with van der Waals surface area (Å²) in [5.41, 5.74) is 5.62. The van der Waals surface area contributed by atoms with E-state index in [-0.39, 0.29) is 24.8 Å². The second-order valence-electron chi connectivity index (χ2n) is 9.03. The molecule has 0 saturated heterocycles. The minimum Gasteiger partial charge on any atom is -0.168 e. The van der Waals surface area contributed by atoms with Gasteiger partial charge in [-0.05, 0) is 0 Å². The zero-order chi connectivity index (χ0) is 24.3. The summed E-state index contributed by atoms with van der Waals surface area (Å²) in [5, 5.41) is 2.66. The molecule has 0 atom stereocenters. The molecule has 5 rings (SSSR count). The smallest absolute Gasteiger partial charge is 0.0809 e. The van der Waals surface area contributed by atoms with Gasteiger partial charge in [0.25, 0.3) is 0 Å². The predicted octanol–water partition coefficient (Wildman–Crippen LogP) is 2.73. The fourth-order valence-electron chi connectivity index (χ4n) is 4.01. The Morgan fingerprint density at radius 2 is 1.25 bits per heavy atom. The summed E-state index contributed by atoms with van der Waals surface area (Å²) in [6, 6.07) is 35.8. The van der Waals surface area contributed by atoms with Gasteiger partial charge in [-0.25, -0.2) is 5.57 Å². The molecule has 1 aliphatic carbocycles. The van der Waals surface area contributed by atoms with Gasteiger partial charge in [-0.3, -0.25) is 6.08 Å². The van der Waals surface area contributed by atoms with Gasteiger partial charge in [0, 0.05) is 0 Å². The summed E-state index contributed by atoms with van der Waals surface area (Å²) in [5.74, 6) is 1.31. The number of halogens is 2. The van der Waals surface area contributed by atoms with Crippen LogP contribution in [0.25, 0.3) is 10.8 Å². The second kappa shape index (κ2) is 16.8. The van der Waals surface area contributed by atoms with Crippen molar-refractivity contribution >= 4 is 14.0 Å². The minimum atomic E-state index is 0. The fourth-order valence-corrected chi connectivity index (χ4v) is 4.83. The van der Waals surface area contributed by atoms with Crippen LogP contribution in [0, 0.1) is 17.9 Å². The Morgan fingerprint density at radius 1 is 0.722 bits per heavy atom. The molecule has 0 saturated carbocycles. The summed E-state index contributed by atoms with van der Waals surface area (Å²) in [4.78, 5) is 0. The number of benzene rings is 3. The summed E-state index contributed by atoms with van der Waals surface area (Å²) in [7, 11) is 0. The molecule has 0 amide bonds. The molecular formula is C33H34Cl2Zr-2. The van der Waals surface area contributed by atoms with E-state index in [0.717, 1.165) is 6.42 Å². The van der Waals surface area contributed by atoms with Crippen LogP contribution in [0.1, 0.15) is 45.2 Å². The molecule has 4 aromatic carbocycles. The molecule has 0 radical (unpaired) electrons. The number of hydrogen-bond acceptors (Lipinski definition) is 0. The topological polar surface area (TPSA) is 0 Å². The third kappa shape index (κ3) is 9.51. The molecule has 0 N–H and O–H groups in total. The van der Waals surface area contributed by atoms with Crippen LogP contribution in [-0.4, -0.2) is 3.21 Å². The van der Waals surface area contributed by atoms with E-state index in [1.807, 2.05) is 0 Å². The molecule has 0 fully saturated rings. The first-order valence-corrected chi connectivity index (χ1v) is 13.3. The van der Waals surface area contributed by atoms with Crippen molar-refractivity contribution in [2.24, 2.45) is 11.8 Å². The van der Waals surface area contributed by atoms with Crippen LogP contribution in [0.2, 0.25) is 0 Å². The van der Waals surface area contributed by atoms with Gasteiger partial charge >= 0.3 is 99.2 Å². The fraction of sp³-hybridized carbons (Fsp3) is 0.212. The van der Waals surface area contributed by atoms with Crippen LogP contribution < -0.4 is 24.8 Å². The summed E-state index contributed by atoms with van der Waals surface area (Å²) >= 11 is 1.46. The average Bonchev–Trinajstić information content (AvgIpc) is 3.56. The van der Waals surface area contributed by atoms with Crippen molar-refractivity contribution in [3.8, 4) is 0 Å². The quantitative estimate of drug-likeness (QED) is 0.320. The molecule has 0 spiro atoms. The maximum absolute atomic E-state index is 3.41. The van der Waals surface area contributed by atoms with Gasteiger partial charge in [0.05, 0.1) is 0 Å². The van der Waals surface area contributed by atoms with Gasteiger partial charge in [-0.1, -0.05) is 45.6 Å². The zero-order valence-corrected chi connectivity index (χ0v) is 25.5. The van der Waals surface area contributed by atoms with E-state index in [1.165, 1.54) is 60.5 Å². The van der Waals surface area contributed by atoms with Crippen molar-refractivity contribution in [3.63, 3.8) is 0 Å². The van der Waals surface area contributed by atoms with Crippen LogP contribution in [0.15, 0.2) is 120 Å². The van der Waals surface area contributed by atoms with E-state index in [2.05, 4.69) is 143 Å². The number of rotatable bonds is 4. The Labute approximate surface area is 245 Å². The molecule has 0 nitrogen and oxygen atoms in total. The molecule has 0 aromatic heterocycles. The van der Waals surface area contributed by atoms with Crippen LogP contribution >= 0.6 is 0 Å². The summed E-state index contributed by atoms with van der Waals surface area (Å²) in [6.07, 6.45) is 6.75. The first-order chi connectivity index (χ1) is 16.5. The molecule has 186 valence electrons. The van der Waals surface area contributed by atoms with Crippen LogP contribution in [-0.2, 0) is 24.2 Å². The van der Waals surface area contributed by atoms with Gasteiger partial charge < -0.3 is 24.8 Å². The first kappa shape index (κ1) is 32.1. The van der Waals surface area contributed by atoms with Crippen molar-refractivity contribution < 1.29 is 49.0 Å². The van der Waals surface area contributed by atoms with Crippen molar-refractivity contribution in [1.29, 1.82) is 0 Å². The predicted molar refractivity (Wildman–Crippen MR) is 145 cm³/mol. The maximum atomic E-state index is 3.41. The van der Waals surface area contributed by atoms with E-state index in [9.17, 15) is 0 Å². The first-order valence-electron chi connectivity index (χ1n) is 12.1. The molecule has 4 aromatic rings. The summed E-state index contributed by atoms with van der Waals surface area (Å²) in [6.45, 7) is 8.98. The van der Waals surface area contributed by atoms with Crippen molar-refractivity contribution in [2.45, 2.75) is 34.1 Å². The van der Waals surface area contributed by atoms with Crippen LogP contribution in [0.5, 0.6) is 0 Å². The van der Waals surface area contributed by atoms with Gasteiger partial charge in [-0.2, -0.15) is 29.2 Å². The maximum Gasteiger partial charge on any atom is -0.0809 e. The van der Waals surface area contributed by atoms with E-state index in [4.69, 9.17) is 0 Å². The van der Waals surface area contributed by atoms with Crippen LogP contribution in [0.4, 0.5) is 0 Å². The van der Waals surface area contributed by atoms with Crippen molar-refractivity contribution in [3.05, 3.63) is 138 Å². The summed E-state index contributed by atoms with van der Waals surface area (Å²) < 4.78 is 1.42. The second-order valence-corrected chi connectivity index (χ2v) is 10.3. The van der Waals surface area contributed by atoms with Gasteiger partial charge in [0.2, 0.25) is 0 Å². The van der Waals surface area contributed by atoms with Gasteiger partial charge in [0.15, 0.2) is 0 Å². The molecule has 0 heterocycles. The van der Waals surface area contributed by atoms with E-state index in [1.54, 1.807) is 0 Å². The molecule has 1 aliphatic rings. The van der Waals surface area contributed by atoms with Crippen LogP contribution in [0.3, 0.4) is 0 Å². The zero-order valence-electron chi connectivity index (χ0n) is 21.5. The molecular weight excluding hydrogens is 558 g/mol. The Hall–Kier alpha value is -1.92. The average molecular weight is 593 g/mol. The molecule has 0 aliphatic heterocycles. The third-order valence-corrected chi connectivity index (χ3v) is 7.22. The SMILES string of the molecule is CC(C)C1=[C-]CC=C1C(C)C.[Cl-].[Cl-].[Zr+2]=[C](c1ccccc1)c1ccccc1.c1ccc2[cH-]ccc2c1. The number of hydrogen-bond donors (Lipinski definition) is 0. The number of allylic oxidation sites excluding steroid dienone is 4. The minimum absolute atomic E-state index is 0. The van der Waals surface area contributed by atoms with Gasteiger partial charge in [0.1, 0.15) is 0 Å². The largest absolute Gasteiger partial charge is 0.168 e.